The van der Waals surface area contributed by atoms with Crippen molar-refractivity contribution in [1.82, 2.24) is 10.4 Å². The summed E-state index contributed by atoms with van der Waals surface area (Å²) >= 11 is 7.68. The number of nitrogens with one attached hydrogen (secondary N) is 2. The van der Waals surface area contributed by atoms with Gasteiger partial charge in [0.25, 0.3) is 11.8 Å². The minimum Gasteiger partial charge on any atom is -0.322 e. The largest absolute Gasteiger partial charge is 0.322 e. The highest BCUT2D eigenvalue weighted by Gasteiger charge is 2.16. The first kappa shape index (κ1) is 20.7. The second-order valence-corrected chi connectivity index (χ2v) is 8.08. The number of thiophene rings is 1. The van der Waals surface area contributed by atoms with Crippen LogP contribution in [0.5, 0.6) is 0 Å². The van der Waals surface area contributed by atoms with Crippen molar-refractivity contribution in [3.05, 3.63) is 94.1 Å². The first-order chi connectivity index (χ1) is 15.0. The lowest BCUT2D eigenvalue weighted by atomic mass is 10.1. The number of aromatic nitrogens is 1. The summed E-state index contributed by atoms with van der Waals surface area (Å²) < 4.78 is 0.947. The SMILES string of the molecule is CC(=NNC(=O)c1sc2ccccc2c1Cl)c1ccc(NC(=O)c2ccncc2)cc1. The van der Waals surface area contributed by atoms with E-state index in [0.29, 0.717) is 26.9 Å². The van der Waals surface area contributed by atoms with E-state index in [2.05, 4.69) is 20.8 Å². The van der Waals surface area contributed by atoms with Crippen molar-refractivity contribution in [3.8, 4) is 0 Å². The zero-order valence-electron chi connectivity index (χ0n) is 16.4. The molecule has 0 aliphatic heterocycles. The van der Waals surface area contributed by atoms with Gasteiger partial charge in [0.1, 0.15) is 4.88 Å². The van der Waals surface area contributed by atoms with Gasteiger partial charge in [0.2, 0.25) is 0 Å². The zero-order chi connectivity index (χ0) is 21.8. The minimum atomic E-state index is -0.355. The standard InChI is InChI=1S/C23H17ClN4O2S/c1-14(27-28-23(30)21-20(24)18-4-2-3-5-19(18)31-21)15-6-8-17(9-7-15)26-22(29)16-10-12-25-13-11-16/h2-13H,1H3,(H,26,29)(H,28,30). The Balaban J connectivity index is 1.42. The Labute approximate surface area is 187 Å². The number of rotatable bonds is 5. The molecule has 2 aromatic heterocycles. The van der Waals surface area contributed by atoms with Crippen LogP contribution in [-0.4, -0.2) is 22.5 Å². The molecule has 2 amide bonds. The van der Waals surface area contributed by atoms with Crippen LogP contribution in [0.4, 0.5) is 5.69 Å². The Kier molecular flexibility index (Phi) is 6.06. The van der Waals surface area contributed by atoms with Gasteiger partial charge in [-0.25, -0.2) is 5.43 Å². The van der Waals surface area contributed by atoms with Gasteiger partial charge in [0.15, 0.2) is 0 Å². The third-order valence-electron chi connectivity index (χ3n) is 4.57. The summed E-state index contributed by atoms with van der Waals surface area (Å²) in [6, 6.07) is 18.1. The van der Waals surface area contributed by atoms with Crippen LogP contribution in [0, 0.1) is 0 Å². The van der Waals surface area contributed by atoms with E-state index in [1.165, 1.54) is 11.3 Å². The third-order valence-corrected chi connectivity index (χ3v) is 6.24. The summed E-state index contributed by atoms with van der Waals surface area (Å²) in [5, 5.41) is 8.30. The molecule has 2 aromatic carbocycles. The summed E-state index contributed by atoms with van der Waals surface area (Å²) in [4.78, 5) is 29.1. The fraction of sp³-hybridized carbons (Fsp3) is 0.0435. The maximum absolute atomic E-state index is 12.5. The van der Waals surface area contributed by atoms with Gasteiger partial charge in [-0.05, 0) is 42.8 Å². The molecule has 154 valence electrons. The number of benzene rings is 2. The van der Waals surface area contributed by atoms with Gasteiger partial charge in [-0.15, -0.1) is 11.3 Å². The fourth-order valence-electron chi connectivity index (χ4n) is 2.91. The summed E-state index contributed by atoms with van der Waals surface area (Å²) in [5.74, 6) is -0.570. The maximum atomic E-state index is 12.5. The molecule has 0 aliphatic rings. The van der Waals surface area contributed by atoms with Crippen molar-refractivity contribution < 1.29 is 9.59 Å². The van der Waals surface area contributed by atoms with E-state index >= 15 is 0 Å². The second-order valence-electron chi connectivity index (χ2n) is 6.65. The van der Waals surface area contributed by atoms with Crippen LogP contribution < -0.4 is 10.7 Å². The molecule has 4 aromatic rings. The van der Waals surface area contributed by atoms with Crippen molar-refractivity contribution in [2.75, 3.05) is 5.32 Å². The molecule has 6 nitrogen and oxygen atoms in total. The van der Waals surface area contributed by atoms with Crippen molar-refractivity contribution in [3.63, 3.8) is 0 Å². The van der Waals surface area contributed by atoms with Crippen LogP contribution in [0.3, 0.4) is 0 Å². The molecule has 2 N–H and O–H groups in total. The minimum absolute atomic E-state index is 0.215. The van der Waals surface area contributed by atoms with Crippen molar-refractivity contribution in [2.45, 2.75) is 6.92 Å². The van der Waals surface area contributed by atoms with E-state index in [9.17, 15) is 9.59 Å². The molecule has 8 heteroatoms. The topological polar surface area (TPSA) is 83.5 Å². The highest BCUT2D eigenvalue weighted by molar-refractivity contribution is 7.21. The molecule has 0 spiro atoms. The Bertz CT molecular complexity index is 1280. The lowest BCUT2D eigenvalue weighted by molar-refractivity contribution is 0.0958. The number of hydrazone groups is 1. The summed E-state index contributed by atoms with van der Waals surface area (Å²) in [7, 11) is 0. The molecule has 0 aliphatic carbocycles. The molecule has 4 rings (SSSR count). The molecular weight excluding hydrogens is 432 g/mol. The van der Waals surface area contributed by atoms with Gasteiger partial charge in [0, 0.05) is 33.7 Å². The van der Waals surface area contributed by atoms with Crippen LogP contribution in [-0.2, 0) is 0 Å². The van der Waals surface area contributed by atoms with Crippen LogP contribution >= 0.6 is 22.9 Å². The number of anilines is 1. The first-order valence-electron chi connectivity index (χ1n) is 9.36. The predicted molar refractivity (Wildman–Crippen MR) is 125 cm³/mol. The van der Waals surface area contributed by atoms with Crippen LogP contribution in [0.2, 0.25) is 5.02 Å². The van der Waals surface area contributed by atoms with Crippen LogP contribution in [0.15, 0.2) is 78.2 Å². The normalized spacial score (nSPS) is 11.4. The Morgan fingerprint density at radius 2 is 1.65 bits per heavy atom. The van der Waals surface area contributed by atoms with Gasteiger partial charge in [-0.1, -0.05) is 41.9 Å². The number of hydrogen-bond donors (Lipinski definition) is 2. The monoisotopic (exact) mass is 448 g/mol. The zero-order valence-corrected chi connectivity index (χ0v) is 18.0. The smallest absolute Gasteiger partial charge is 0.283 e. The van der Waals surface area contributed by atoms with Crippen LogP contribution in [0.25, 0.3) is 10.1 Å². The summed E-state index contributed by atoms with van der Waals surface area (Å²) in [6.07, 6.45) is 3.14. The Morgan fingerprint density at radius 1 is 0.935 bits per heavy atom. The number of halogens is 1. The number of hydrogen-bond acceptors (Lipinski definition) is 5. The number of amides is 2. The molecule has 0 bridgehead atoms. The van der Waals surface area contributed by atoms with Crippen LogP contribution in [0.1, 0.15) is 32.5 Å². The van der Waals surface area contributed by atoms with Crippen molar-refractivity contribution >= 4 is 56.2 Å². The van der Waals surface area contributed by atoms with Gasteiger partial charge in [0.05, 0.1) is 10.7 Å². The van der Waals surface area contributed by atoms with Gasteiger partial charge >= 0.3 is 0 Å². The molecule has 0 saturated heterocycles. The third kappa shape index (κ3) is 4.63. The number of carbonyl (C=O) groups excluding carboxylic acids is 2. The second kappa shape index (κ2) is 9.07. The molecule has 2 heterocycles. The number of pyridine rings is 1. The van der Waals surface area contributed by atoms with Gasteiger partial charge < -0.3 is 5.32 Å². The average molecular weight is 449 g/mol. The first-order valence-corrected chi connectivity index (χ1v) is 10.6. The molecule has 0 saturated carbocycles. The van der Waals surface area contributed by atoms with E-state index in [-0.39, 0.29) is 11.8 Å². The van der Waals surface area contributed by atoms with E-state index in [1.54, 1.807) is 43.6 Å². The number of nitrogens with zero attached hydrogens (tertiary/aromatic N) is 2. The van der Waals surface area contributed by atoms with Crippen molar-refractivity contribution in [1.29, 1.82) is 0 Å². The molecule has 0 radical (unpaired) electrons. The van der Waals surface area contributed by atoms with E-state index < -0.39 is 0 Å². The quantitative estimate of drug-likeness (QED) is 0.318. The molecule has 0 atom stereocenters. The van der Waals surface area contributed by atoms with E-state index in [0.717, 1.165) is 15.6 Å². The maximum Gasteiger partial charge on any atom is 0.283 e. The highest BCUT2D eigenvalue weighted by Crippen LogP contribution is 2.34. The molecule has 0 unspecified atom stereocenters. The highest BCUT2D eigenvalue weighted by atomic mass is 35.5. The molecule has 31 heavy (non-hydrogen) atoms. The predicted octanol–water partition coefficient (Wildman–Crippen LogP) is 5.36. The van der Waals surface area contributed by atoms with E-state index in [1.807, 2.05) is 36.4 Å². The lowest BCUT2D eigenvalue weighted by Gasteiger charge is -2.07. The summed E-state index contributed by atoms with van der Waals surface area (Å²) in [6.45, 7) is 1.79. The fourth-order valence-corrected chi connectivity index (χ4v) is 4.32. The number of fused-ring (bicyclic) bond motifs is 1. The molecule has 0 fully saturated rings. The summed E-state index contributed by atoms with van der Waals surface area (Å²) in [5.41, 5.74) is 5.18. The van der Waals surface area contributed by atoms with Gasteiger partial charge in [-0.3, -0.25) is 14.6 Å². The average Bonchev–Trinajstić information content (AvgIpc) is 3.15. The Hall–Kier alpha value is -3.55. The number of carbonyl (C=O) groups is 2. The molecular formula is C23H17ClN4O2S. The Morgan fingerprint density at radius 3 is 2.35 bits per heavy atom. The lowest BCUT2D eigenvalue weighted by Crippen LogP contribution is -2.18. The van der Waals surface area contributed by atoms with Gasteiger partial charge in [-0.2, -0.15) is 5.10 Å². The van der Waals surface area contributed by atoms with E-state index in [4.69, 9.17) is 11.6 Å². The van der Waals surface area contributed by atoms with Crippen molar-refractivity contribution in [2.24, 2.45) is 5.10 Å².